The molecule has 0 spiro atoms. The predicted molar refractivity (Wildman–Crippen MR) is 230 cm³/mol. The number of nitrogens with two attached hydrogens (primary N) is 1. The Bertz CT molecular complexity index is 2250. The number of nitrogens with zero attached hydrogens (tertiary/aromatic N) is 5. The molecular formula is C45H57ClF6N8O7. The quantitative estimate of drug-likeness (QED) is 0.193. The topological polar surface area (TPSA) is 201 Å². The summed E-state index contributed by atoms with van der Waals surface area (Å²) >= 11 is 6.42. The van der Waals surface area contributed by atoms with Crippen molar-refractivity contribution in [2.24, 2.45) is 28.9 Å². The summed E-state index contributed by atoms with van der Waals surface area (Å²) in [5.41, 5.74) is 0.496. The number of allylic oxidation sites excluding steroid dienone is 1. The maximum absolute atomic E-state index is 15.6. The van der Waals surface area contributed by atoms with Gasteiger partial charge in [0.25, 0.3) is 5.92 Å². The third-order valence-electron chi connectivity index (χ3n) is 13.4. The van der Waals surface area contributed by atoms with Crippen molar-refractivity contribution in [2.75, 3.05) is 27.2 Å². The Morgan fingerprint density at radius 3 is 2.33 bits per heavy atom. The zero-order valence-corrected chi connectivity index (χ0v) is 38.7. The SMILES string of the molecule is Cc1nnc(-c2ccc(Cl)cc2C[C@H]2C(=O)NCCCC/C=C\C[C@H](N(C)C(=O)[C@@H](C3CC3)C3(C(N)=O)CC(F)CN3C(=O)C3(C(F)(F)F)CC(F)(F)C3)C(=O)N[C@@H](CC(C)C)C(=O)N2C)o1. The first-order valence-corrected chi connectivity index (χ1v) is 22.8. The summed E-state index contributed by atoms with van der Waals surface area (Å²) in [6.07, 6.45) is -7.36. The van der Waals surface area contributed by atoms with Gasteiger partial charge in [-0.15, -0.1) is 10.2 Å². The van der Waals surface area contributed by atoms with E-state index < -0.39 is 120 Å². The highest BCUT2D eigenvalue weighted by molar-refractivity contribution is 6.30. The van der Waals surface area contributed by atoms with Crippen molar-refractivity contribution in [3.63, 3.8) is 0 Å². The fourth-order valence-electron chi connectivity index (χ4n) is 9.80. The molecule has 1 aromatic heterocycles. The standard InChI is InChI=1S/C45H57ClF6N8O7/c1-24(2)17-31-38(63)59(5)33(19-27-18-28(46)14-15-30(27)37-57-56-25(3)67-37)35(61)54-16-10-8-6-7-9-11-32(36(62)55-31)58(4)39(64)34(26-12-13-26)44(40(53)65)20-29(47)21-60(44)41(66)42(45(50,51)52)22-43(48,49)23-42/h7,9,14-15,18,24,26,29,31-34H,6,8,10-13,16-17,19-23H2,1-5H3,(H2,53,65)(H,54,61)(H,55,62)/b9-7-/t29?,31-,32-,33-,34+,44?/m0/s1. The maximum atomic E-state index is 15.6. The molecule has 2 aromatic rings. The molecule has 6 rings (SSSR count). The molecule has 2 aliphatic heterocycles. The predicted octanol–water partition coefficient (Wildman–Crippen LogP) is 5.47. The van der Waals surface area contributed by atoms with Crippen LogP contribution in [0.25, 0.3) is 11.5 Å². The minimum Gasteiger partial charge on any atom is -0.421 e. The van der Waals surface area contributed by atoms with Crippen LogP contribution in [-0.4, -0.2) is 129 Å². The van der Waals surface area contributed by atoms with E-state index in [0.717, 1.165) is 4.90 Å². The van der Waals surface area contributed by atoms with Crippen LogP contribution in [-0.2, 0) is 35.2 Å². The monoisotopic (exact) mass is 970 g/mol. The van der Waals surface area contributed by atoms with Gasteiger partial charge in [-0.2, -0.15) is 13.2 Å². The number of alkyl halides is 6. The van der Waals surface area contributed by atoms with Gasteiger partial charge in [-0.3, -0.25) is 28.8 Å². The van der Waals surface area contributed by atoms with Crippen molar-refractivity contribution in [2.45, 2.75) is 133 Å². The van der Waals surface area contributed by atoms with Crippen molar-refractivity contribution in [1.29, 1.82) is 0 Å². The highest BCUT2D eigenvalue weighted by atomic mass is 35.5. The number of carbonyl (C=O) groups is 6. The summed E-state index contributed by atoms with van der Waals surface area (Å²) in [4.78, 5) is 88.5. The second-order valence-corrected chi connectivity index (χ2v) is 19.3. The second-order valence-electron chi connectivity index (χ2n) is 18.9. The van der Waals surface area contributed by atoms with E-state index in [1.807, 2.05) is 0 Å². The van der Waals surface area contributed by atoms with Gasteiger partial charge in [-0.1, -0.05) is 37.6 Å². The molecule has 6 atom stereocenters. The molecule has 4 aliphatic rings. The first-order chi connectivity index (χ1) is 31.3. The molecule has 1 aromatic carbocycles. The number of aryl methyl sites for hydroxylation is 1. The van der Waals surface area contributed by atoms with E-state index in [1.54, 1.807) is 51.1 Å². The maximum Gasteiger partial charge on any atom is 0.403 e. The zero-order valence-electron chi connectivity index (χ0n) is 37.9. The number of benzene rings is 1. The van der Waals surface area contributed by atoms with Crippen LogP contribution in [0, 0.1) is 30.1 Å². The Hall–Kier alpha value is -5.21. The molecule has 368 valence electrons. The first-order valence-electron chi connectivity index (χ1n) is 22.4. The molecule has 67 heavy (non-hydrogen) atoms. The smallest absolute Gasteiger partial charge is 0.403 e. The minimum atomic E-state index is -5.53. The Kier molecular flexibility index (Phi) is 15.1. The molecule has 2 aliphatic carbocycles. The van der Waals surface area contributed by atoms with Gasteiger partial charge >= 0.3 is 6.18 Å². The van der Waals surface area contributed by atoms with E-state index in [4.69, 9.17) is 21.8 Å². The Morgan fingerprint density at radius 1 is 1.06 bits per heavy atom. The summed E-state index contributed by atoms with van der Waals surface area (Å²) in [7, 11) is 2.62. The molecule has 2 saturated carbocycles. The Morgan fingerprint density at radius 2 is 1.75 bits per heavy atom. The molecule has 1 saturated heterocycles. The van der Waals surface area contributed by atoms with Crippen molar-refractivity contribution in [1.82, 2.24) is 35.5 Å². The number of aromatic nitrogens is 2. The number of nitrogens with one attached hydrogen (secondary N) is 2. The van der Waals surface area contributed by atoms with Crippen LogP contribution in [0.5, 0.6) is 0 Å². The van der Waals surface area contributed by atoms with E-state index in [2.05, 4.69) is 20.8 Å². The lowest BCUT2D eigenvalue weighted by molar-refractivity contribution is -0.300. The van der Waals surface area contributed by atoms with Crippen LogP contribution < -0.4 is 16.4 Å². The fraction of sp³-hybridized carbons (Fsp3) is 0.644. The number of likely N-dealkylation sites (tertiary alicyclic amines) is 1. The summed E-state index contributed by atoms with van der Waals surface area (Å²) in [5, 5.41) is 14.0. The van der Waals surface area contributed by atoms with Crippen molar-refractivity contribution in [3.8, 4) is 11.5 Å². The van der Waals surface area contributed by atoms with E-state index in [9.17, 15) is 50.7 Å². The molecule has 22 heteroatoms. The number of likely N-dealkylation sites (N-methyl/N-ethyl adjacent to an activating group) is 2. The summed E-state index contributed by atoms with van der Waals surface area (Å²) in [5.74, 6) is -12.8. The largest absolute Gasteiger partial charge is 0.421 e. The molecular weight excluding hydrogens is 914 g/mol. The second kappa shape index (κ2) is 19.8. The Labute approximate surface area is 388 Å². The van der Waals surface area contributed by atoms with Crippen molar-refractivity contribution < 1.29 is 59.5 Å². The molecule has 15 nitrogen and oxygen atoms in total. The molecule has 6 amide bonds. The van der Waals surface area contributed by atoms with E-state index >= 15 is 4.39 Å². The summed E-state index contributed by atoms with van der Waals surface area (Å²) in [6, 6.07) is 0.955. The molecule has 0 radical (unpaired) electrons. The molecule has 3 heterocycles. The highest BCUT2D eigenvalue weighted by Gasteiger charge is 2.77. The van der Waals surface area contributed by atoms with Gasteiger partial charge < -0.3 is 35.5 Å². The lowest BCUT2D eigenvalue weighted by Gasteiger charge is -2.51. The third-order valence-corrected chi connectivity index (χ3v) is 13.7. The van der Waals surface area contributed by atoms with Crippen LogP contribution in [0.1, 0.15) is 89.5 Å². The number of primary amides is 1. The van der Waals surface area contributed by atoms with Crippen molar-refractivity contribution in [3.05, 3.63) is 46.8 Å². The van der Waals surface area contributed by atoms with E-state index in [-0.39, 0.29) is 61.2 Å². The van der Waals surface area contributed by atoms with Crippen LogP contribution in [0.3, 0.4) is 0 Å². The average Bonchev–Trinajstić information content (AvgIpc) is 3.87. The normalized spacial score (nSPS) is 27.2. The molecule has 3 fully saturated rings. The van der Waals surface area contributed by atoms with Crippen LogP contribution in [0.15, 0.2) is 34.8 Å². The lowest BCUT2D eigenvalue weighted by Crippen LogP contribution is -2.70. The summed E-state index contributed by atoms with van der Waals surface area (Å²) in [6.45, 7) is 4.34. The van der Waals surface area contributed by atoms with Crippen LogP contribution >= 0.6 is 11.6 Å². The number of carbonyl (C=O) groups excluding carboxylic acids is 6. The van der Waals surface area contributed by atoms with Crippen LogP contribution in [0.4, 0.5) is 26.3 Å². The number of halogens is 7. The number of rotatable bonds is 11. The van der Waals surface area contributed by atoms with Gasteiger partial charge in [0, 0.05) is 63.8 Å². The van der Waals surface area contributed by atoms with Crippen LogP contribution in [0.2, 0.25) is 5.02 Å². The third kappa shape index (κ3) is 10.6. The number of hydrogen-bond acceptors (Lipinski definition) is 9. The van der Waals surface area contributed by atoms with Gasteiger partial charge in [0.05, 0.1) is 12.5 Å². The molecule has 2 unspecified atom stereocenters. The minimum absolute atomic E-state index is 0.0532. The van der Waals surface area contributed by atoms with Gasteiger partial charge in [-0.25, -0.2) is 13.2 Å². The van der Waals surface area contributed by atoms with E-state index in [0.29, 0.717) is 35.4 Å². The van der Waals surface area contributed by atoms with Gasteiger partial charge in [0.2, 0.25) is 47.2 Å². The fourth-order valence-corrected chi connectivity index (χ4v) is 9.99. The van der Waals surface area contributed by atoms with Gasteiger partial charge in [0.15, 0.2) is 5.41 Å². The van der Waals surface area contributed by atoms with Crippen molar-refractivity contribution >= 4 is 47.0 Å². The number of hydrogen-bond donors (Lipinski definition) is 3. The first kappa shape index (κ1) is 51.2. The zero-order chi connectivity index (χ0) is 49.4. The molecule has 0 bridgehead atoms. The highest BCUT2D eigenvalue weighted by Crippen LogP contribution is 2.62. The van der Waals surface area contributed by atoms with Gasteiger partial charge in [-0.05, 0) is 80.5 Å². The summed E-state index contributed by atoms with van der Waals surface area (Å²) < 4.78 is 93.5. The average molecular weight is 971 g/mol. The van der Waals surface area contributed by atoms with Gasteiger partial charge in [0.1, 0.15) is 29.8 Å². The lowest BCUT2D eigenvalue weighted by atomic mass is 9.63. The Balaban J connectivity index is 1.34. The molecule has 4 N–H and O–H groups in total. The number of amides is 6. The van der Waals surface area contributed by atoms with E-state index in [1.165, 1.54) is 19.0 Å².